The number of amides is 1. The summed E-state index contributed by atoms with van der Waals surface area (Å²) in [5.74, 6) is 7.37. The molecule has 2 unspecified atom stereocenters. The summed E-state index contributed by atoms with van der Waals surface area (Å²) in [7, 11) is 1.52. The summed E-state index contributed by atoms with van der Waals surface area (Å²) in [4.78, 5) is 17.8. The van der Waals surface area contributed by atoms with Crippen molar-refractivity contribution in [2.45, 2.75) is 58.7 Å². The maximum absolute atomic E-state index is 14.3. The molecule has 1 amide bonds. The number of alkyl halides is 1. The van der Waals surface area contributed by atoms with E-state index in [1.165, 1.54) is 31.6 Å². The normalized spacial score (nSPS) is 19.4. The van der Waals surface area contributed by atoms with E-state index in [2.05, 4.69) is 37.7 Å². The number of carbonyl (C=O) groups excluding carboxylic acids is 1. The van der Waals surface area contributed by atoms with E-state index in [0.717, 1.165) is 38.9 Å². The number of ether oxygens (including phenoxy) is 3. The van der Waals surface area contributed by atoms with Gasteiger partial charge < -0.3 is 19.5 Å². The molecule has 0 bridgehead atoms. The largest absolute Gasteiger partial charge is 0.495 e. The SMILES string of the molecule is CC.COC1=CNC(C(C)F)C=C1c1cc(OCC2CCOCC2)ncc1C(=O)Nc1nnc(C#CC2CC2)s1. The lowest BCUT2D eigenvalue weighted by atomic mass is 9.94. The predicted octanol–water partition coefficient (Wildman–Crippen LogP) is 4.98. The first-order valence-electron chi connectivity index (χ1n) is 13.7. The summed E-state index contributed by atoms with van der Waals surface area (Å²) in [5, 5.41) is 14.8. The quantitative estimate of drug-likeness (QED) is 0.429. The van der Waals surface area contributed by atoms with Gasteiger partial charge in [0.1, 0.15) is 11.9 Å². The molecule has 214 valence electrons. The molecule has 2 aliphatic heterocycles. The topological polar surface area (TPSA) is 107 Å². The van der Waals surface area contributed by atoms with Gasteiger partial charge in [-0.3, -0.25) is 10.1 Å². The molecule has 4 heterocycles. The van der Waals surface area contributed by atoms with Crippen LogP contribution in [0.5, 0.6) is 5.88 Å². The van der Waals surface area contributed by atoms with E-state index in [-0.39, 0.29) is 5.56 Å². The molecular weight excluding hydrogens is 533 g/mol. The van der Waals surface area contributed by atoms with Gasteiger partial charge in [-0.2, -0.15) is 0 Å². The van der Waals surface area contributed by atoms with Crippen LogP contribution in [0.2, 0.25) is 0 Å². The van der Waals surface area contributed by atoms with E-state index < -0.39 is 18.1 Å². The zero-order valence-electron chi connectivity index (χ0n) is 23.3. The number of methoxy groups -OCH3 is 1. The van der Waals surface area contributed by atoms with Gasteiger partial charge in [0, 0.05) is 48.7 Å². The van der Waals surface area contributed by atoms with Gasteiger partial charge in [-0.05, 0) is 50.5 Å². The summed E-state index contributed by atoms with van der Waals surface area (Å²) in [6, 6.07) is 1.11. The molecule has 2 aromatic heterocycles. The third-order valence-electron chi connectivity index (χ3n) is 6.56. The lowest BCUT2D eigenvalue weighted by Gasteiger charge is -2.25. The van der Waals surface area contributed by atoms with E-state index in [4.69, 9.17) is 14.2 Å². The Kier molecular flexibility index (Phi) is 10.5. The van der Waals surface area contributed by atoms with Crippen molar-refractivity contribution in [2.24, 2.45) is 11.8 Å². The third-order valence-corrected chi connectivity index (χ3v) is 7.31. The number of hydrogen-bond donors (Lipinski definition) is 2. The molecule has 1 saturated carbocycles. The highest BCUT2D eigenvalue weighted by molar-refractivity contribution is 7.15. The van der Waals surface area contributed by atoms with Crippen LogP contribution in [0.4, 0.5) is 9.52 Å². The van der Waals surface area contributed by atoms with Gasteiger partial charge in [0.15, 0.2) is 5.01 Å². The fourth-order valence-electron chi connectivity index (χ4n) is 4.13. The molecule has 3 aliphatic rings. The van der Waals surface area contributed by atoms with Crippen molar-refractivity contribution in [3.63, 3.8) is 0 Å². The fourth-order valence-corrected chi connectivity index (χ4v) is 4.73. The Hall–Kier alpha value is -3.49. The molecule has 5 rings (SSSR count). The minimum atomic E-state index is -1.17. The number of halogens is 1. The van der Waals surface area contributed by atoms with Gasteiger partial charge in [-0.1, -0.05) is 31.1 Å². The number of anilines is 1. The lowest BCUT2D eigenvalue weighted by molar-refractivity contribution is 0.0490. The molecule has 2 fully saturated rings. The Labute approximate surface area is 238 Å². The van der Waals surface area contributed by atoms with Crippen molar-refractivity contribution in [1.29, 1.82) is 0 Å². The second kappa shape index (κ2) is 14.2. The summed E-state index contributed by atoms with van der Waals surface area (Å²) in [6.07, 6.45) is 7.70. The Morgan fingerprint density at radius 1 is 1.27 bits per heavy atom. The molecular formula is C29H36FN5O4S. The van der Waals surface area contributed by atoms with E-state index >= 15 is 0 Å². The Morgan fingerprint density at radius 2 is 2.05 bits per heavy atom. The van der Waals surface area contributed by atoms with Crippen LogP contribution < -0.4 is 15.4 Å². The first-order valence-corrected chi connectivity index (χ1v) is 14.6. The van der Waals surface area contributed by atoms with E-state index in [0.29, 0.717) is 51.4 Å². The molecule has 0 radical (unpaired) electrons. The molecule has 0 aromatic carbocycles. The van der Waals surface area contributed by atoms with Crippen LogP contribution in [0.3, 0.4) is 0 Å². The van der Waals surface area contributed by atoms with Crippen LogP contribution in [0.25, 0.3) is 5.57 Å². The molecule has 1 aliphatic carbocycles. The Balaban J connectivity index is 0.00000181. The highest BCUT2D eigenvalue weighted by Gasteiger charge is 2.26. The van der Waals surface area contributed by atoms with Crippen molar-refractivity contribution in [3.8, 4) is 17.7 Å². The second-order valence-electron chi connectivity index (χ2n) is 9.51. The number of allylic oxidation sites excluding steroid dienone is 1. The monoisotopic (exact) mass is 569 g/mol. The number of pyridine rings is 1. The van der Waals surface area contributed by atoms with Gasteiger partial charge in [-0.25, -0.2) is 9.37 Å². The Morgan fingerprint density at radius 3 is 2.75 bits per heavy atom. The van der Waals surface area contributed by atoms with Gasteiger partial charge in [-0.15, -0.1) is 10.2 Å². The van der Waals surface area contributed by atoms with Gasteiger partial charge >= 0.3 is 0 Å². The van der Waals surface area contributed by atoms with Crippen molar-refractivity contribution in [1.82, 2.24) is 20.5 Å². The number of aromatic nitrogens is 3. The number of nitrogens with zero attached hydrogens (tertiary/aromatic N) is 3. The number of dihydropyridines is 1. The zero-order chi connectivity index (χ0) is 28.5. The van der Waals surface area contributed by atoms with E-state index in [1.54, 1.807) is 18.3 Å². The van der Waals surface area contributed by atoms with Crippen LogP contribution in [0.15, 0.2) is 30.3 Å². The summed E-state index contributed by atoms with van der Waals surface area (Å²) in [5.41, 5.74) is 1.35. The lowest BCUT2D eigenvalue weighted by Crippen LogP contribution is -2.34. The molecule has 40 heavy (non-hydrogen) atoms. The summed E-state index contributed by atoms with van der Waals surface area (Å²) >= 11 is 1.21. The fraction of sp³-hybridized carbons (Fsp3) is 0.517. The minimum absolute atomic E-state index is 0.269. The Bertz CT molecular complexity index is 1290. The van der Waals surface area contributed by atoms with Gasteiger partial charge in [0.2, 0.25) is 11.0 Å². The zero-order valence-corrected chi connectivity index (χ0v) is 24.1. The highest BCUT2D eigenvalue weighted by atomic mass is 32.1. The van der Waals surface area contributed by atoms with Crippen molar-refractivity contribution in [3.05, 3.63) is 46.4 Å². The maximum atomic E-state index is 14.3. The maximum Gasteiger partial charge on any atom is 0.259 e. The van der Waals surface area contributed by atoms with E-state index in [1.807, 2.05) is 13.8 Å². The van der Waals surface area contributed by atoms with Crippen LogP contribution in [-0.2, 0) is 9.47 Å². The van der Waals surface area contributed by atoms with E-state index in [9.17, 15) is 9.18 Å². The smallest absolute Gasteiger partial charge is 0.259 e. The minimum Gasteiger partial charge on any atom is -0.495 e. The first kappa shape index (κ1) is 29.5. The van der Waals surface area contributed by atoms with Crippen LogP contribution in [-0.4, -0.2) is 60.2 Å². The standard InChI is InChI=1S/C27H30FN5O4S.C2H6/c1-16(28)22-11-20(23(35-2)14-29-22)19-12-24(37-15-18-7-9-36-10-8-18)30-13-21(19)26(34)31-27-33-32-25(38-27)6-5-17-3-4-17;1-2/h11-14,16-18,22,29H,3-4,7-10,15H2,1-2H3,(H,31,33,34);1-2H3. The first-order chi connectivity index (χ1) is 19.5. The highest BCUT2D eigenvalue weighted by Crippen LogP contribution is 2.33. The molecule has 1 saturated heterocycles. The predicted molar refractivity (Wildman–Crippen MR) is 153 cm³/mol. The number of rotatable bonds is 8. The van der Waals surface area contributed by atoms with Crippen molar-refractivity contribution >= 4 is 27.9 Å². The average molecular weight is 570 g/mol. The molecule has 2 atom stereocenters. The second-order valence-corrected chi connectivity index (χ2v) is 10.5. The average Bonchev–Trinajstić information content (AvgIpc) is 3.73. The van der Waals surface area contributed by atoms with Crippen LogP contribution in [0.1, 0.15) is 67.4 Å². The molecule has 11 heteroatoms. The molecule has 0 spiro atoms. The summed E-state index contributed by atoms with van der Waals surface area (Å²) < 4.78 is 31.2. The van der Waals surface area contributed by atoms with Crippen molar-refractivity contribution < 1.29 is 23.4 Å². The number of nitrogens with one attached hydrogen (secondary N) is 2. The van der Waals surface area contributed by atoms with Crippen LogP contribution >= 0.6 is 11.3 Å². The van der Waals surface area contributed by atoms with Gasteiger partial charge in [0.25, 0.3) is 5.91 Å². The summed E-state index contributed by atoms with van der Waals surface area (Å²) in [6.45, 7) is 7.40. The molecule has 9 nitrogen and oxygen atoms in total. The molecule has 2 aromatic rings. The third kappa shape index (κ3) is 7.79. The van der Waals surface area contributed by atoms with Crippen LogP contribution in [0, 0.1) is 23.7 Å². The van der Waals surface area contributed by atoms with Crippen molar-refractivity contribution in [2.75, 3.05) is 32.2 Å². The number of carbonyl (C=O) groups is 1. The van der Waals surface area contributed by atoms with Gasteiger partial charge in [0.05, 0.1) is 25.3 Å². The number of hydrogen-bond acceptors (Lipinski definition) is 9. The molecule has 2 N–H and O–H groups in total.